The Morgan fingerprint density at radius 3 is 2.38 bits per heavy atom. The Labute approximate surface area is 141 Å². The van der Waals surface area contributed by atoms with Crippen LogP contribution in [0, 0.1) is 11.7 Å². The maximum absolute atomic E-state index is 12.9. The summed E-state index contributed by atoms with van der Waals surface area (Å²) in [6, 6.07) is 14.5. The van der Waals surface area contributed by atoms with Crippen molar-refractivity contribution in [1.29, 1.82) is 0 Å². The van der Waals surface area contributed by atoms with Crippen LogP contribution in [0.3, 0.4) is 0 Å². The molecule has 2 atom stereocenters. The van der Waals surface area contributed by atoms with E-state index in [-0.39, 0.29) is 11.9 Å². The first-order valence-corrected chi connectivity index (χ1v) is 8.48. The monoisotopic (exact) mass is 328 g/mol. The molecule has 0 spiro atoms. The van der Waals surface area contributed by atoms with Gasteiger partial charge in [0.15, 0.2) is 0 Å². The summed E-state index contributed by atoms with van der Waals surface area (Å²) < 4.78 is 29.9. The lowest BCUT2D eigenvalue weighted by atomic mass is 10.1. The van der Waals surface area contributed by atoms with Crippen LogP contribution >= 0.6 is 0 Å². The van der Waals surface area contributed by atoms with E-state index in [1.165, 1.54) is 30.5 Å². The van der Waals surface area contributed by atoms with Gasteiger partial charge in [-0.1, -0.05) is 24.3 Å². The molecule has 1 saturated carbocycles. The summed E-state index contributed by atoms with van der Waals surface area (Å²) in [6.07, 6.45) is 2.93. The molecule has 4 heteroatoms. The second kappa shape index (κ2) is 6.91. The van der Waals surface area contributed by atoms with Gasteiger partial charge in [0.1, 0.15) is 24.3 Å². The molecule has 0 aromatic heterocycles. The number of halogens is 1. The third-order valence-electron chi connectivity index (χ3n) is 4.44. The van der Waals surface area contributed by atoms with Gasteiger partial charge in [0, 0.05) is 0 Å². The highest BCUT2D eigenvalue weighted by Crippen LogP contribution is 2.43. The van der Waals surface area contributed by atoms with Gasteiger partial charge in [-0.2, -0.15) is 0 Å². The van der Waals surface area contributed by atoms with Gasteiger partial charge in [-0.3, -0.25) is 0 Å². The van der Waals surface area contributed by atoms with Crippen LogP contribution in [0.5, 0.6) is 5.75 Å². The molecule has 2 unspecified atom stereocenters. The quantitative estimate of drug-likeness (QED) is 0.678. The number of hydrogen-bond acceptors (Lipinski definition) is 3. The highest BCUT2D eigenvalue weighted by atomic mass is 19.1. The first-order valence-electron chi connectivity index (χ1n) is 8.48. The van der Waals surface area contributed by atoms with Crippen molar-refractivity contribution in [3.63, 3.8) is 0 Å². The predicted octanol–water partition coefficient (Wildman–Crippen LogP) is 4.27. The van der Waals surface area contributed by atoms with E-state index < -0.39 is 0 Å². The molecule has 126 valence electrons. The summed E-state index contributed by atoms with van der Waals surface area (Å²) in [5.41, 5.74) is 2.15. The van der Waals surface area contributed by atoms with E-state index >= 15 is 0 Å². The molecule has 1 aliphatic heterocycles. The van der Waals surface area contributed by atoms with Gasteiger partial charge >= 0.3 is 0 Å². The van der Waals surface area contributed by atoms with Crippen LogP contribution in [-0.4, -0.2) is 19.3 Å². The lowest BCUT2D eigenvalue weighted by molar-refractivity contribution is 0.0275. The van der Waals surface area contributed by atoms with Crippen LogP contribution in [-0.2, 0) is 16.1 Å². The van der Waals surface area contributed by atoms with Gasteiger partial charge in [0.25, 0.3) is 0 Å². The van der Waals surface area contributed by atoms with E-state index in [9.17, 15) is 4.39 Å². The van der Waals surface area contributed by atoms with Crippen molar-refractivity contribution in [3.8, 4) is 5.75 Å². The fourth-order valence-corrected chi connectivity index (χ4v) is 2.78. The molecule has 4 rings (SSSR count). The largest absolute Gasteiger partial charge is 0.489 e. The Kier molecular flexibility index (Phi) is 4.50. The Balaban J connectivity index is 1.35. The summed E-state index contributed by atoms with van der Waals surface area (Å²) in [7, 11) is 0. The fraction of sp³-hybridized carbons (Fsp3) is 0.400. The zero-order chi connectivity index (χ0) is 16.4. The number of ether oxygens (including phenoxy) is 3. The Morgan fingerprint density at radius 1 is 1.04 bits per heavy atom. The molecule has 0 radical (unpaired) electrons. The maximum atomic E-state index is 12.9. The number of hydrogen-bond donors (Lipinski definition) is 0. The number of rotatable bonds is 8. The highest BCUT2D eigenvalue weighted by molar-refractivity contribution is 5.30. The molecular weight excluding hydrogens is 307 g/mol. The van der Waals surface area contributed by atoms with Crippen LogP contribution in [0.1, 0.15) is 30.1 Å². The normalized spacial score (nSPS) is 20.6. The van der Waals surface area contributed by atoms with Crippen molar-refractivity contribution in [2.45, 2.75) is 31.7 Å². The van der Waals surface area contributed by atoms with Gasteiger partial charge in [-0.15, -0.1) is 0 Å². The smallest absolute Gasteiger partial charge is 0.123 e. The molecule has 0 amide bonds. The Bertz CT molecular complexity index is 660. The third-order valence-corrected chi connectivity index (χ3v) is 4.44. The van der Waals surface area contributed by atoms with E-state index in [0.29, 0.717) is 25.2 Å². The molecule has 2 fully saturated rings. The summed E-state index contributed by atoms with van der Waals surface area (Å²) in [5, 5.41) is 0. The minimum Gasteiger partial charge on any atom is -0.489 e. The van der Waals surface area contributed by atoms with Crippen molar-refractivity contribution < 1.29 is 18.6 Å². The molecule has 2 aromatic rings. The topological polar surface area (TPSA) is 31.0 Å². The van der Waals surface area contributed by atoms with E-state index in [0.717, 1.165) is 17.9 Å². The van der Waals surface area contributed by atoms with Crippen molar-refractivity contribution in [1.82, 2.24) is 0 Å². The molecule has 0 N–H and O–H groups in total. The SMILES string of the molecule is Fc1ccc(COc2ccc(C(OCC3CO3)C3CC3)cc2)cc1. The van der Waals surface area contributed by atoms with Crippen LogP contribution < -0.4 is 4.74 Å². The first kappa shape index (κ1) is 15.6. The second-order valence-electron chi connectivity index (χ2n) is 6.53. The molecule has 0 bridgehead atoms. The van der Waals surface area contributed by atoms with Crippen molar-refractivity contribution in [2.24, 2.45) is 5.92 Å². The lowest BCUT2D eigenvalue weighted by Gasteiger charge is -2.18. The first-order chi connectivity index (χ1) is 11.8. The van der Waals surface area contributed by atoms with Gasteiger partial charge < -0.3 is 14.2 Å². The lowest BCUT2D eigenvalue weighted by Crippen LogP contribution is -2.11. The summed E-state index contributed by atoms with van der Waals surface area (Å²) in [6.45, 7) is 1.94. The molecule has 1 saturated heterocycles. The third kappa shape index (κ3) is 4.13. The van der Waals surface area contributed by atoms with Gasteiger partial charge in [-0.05, 0) is 54.2 Å². The molecule has 3 nitrogen and oxygen atoms in total. The van der Waals surface area contributed by atoms with Gasteiger partial charge in [0.05, 0.1) is 19.3 Å². The molecule has 24 heavy (non-hydrogen) atoms. The minimum atomic E-state index is -0.231. The Hall–Kier alpha value is -1.91. The van der Waals surface area contributed by atoms with Crippen molar-refractivity contribution >= 4 is 0 Å². The van der Waals surface area contributed by atoms with E-state index in [4.69, 9.17) is 14.2 Å². The average molecular weight is 328 g/mol. The minimum absolute atomic E-state index is 0.167. The number of epoxide rings is 1. The van der Waals surface area contributed by atoms with Crippen LogP contribution in [0.2, 0.25) is 0 Å². The van der Waals surface area contributed by atoms with Gasteiger partial charge in [0.2, 0.25) is 0 Å². The molecular formula is C20H21FO3. The van der Waals surface area contributed by atoms with Crippen molar-refractivity contribution in [3.05, 3.63) is 65.5 Å². The van der Waals surface area contributed by atoms with Gasteiger partial charge in [-0.25, -0.2) is 4.39 Å². The second-order valence-corrected chi connectivity index (χ2v) is 6.53. The van der Waals surface area contributed by atoms with Crippen LogP contribution in [0.15, 0.2) is 48.5 Å². The summed E-state index contributed by atoms with van der Waals surface area (Å²) in [5.74, 6) is 1.21. The maximum Gasteiger partial charge on any atom is 0.123 e. The van der Waals surface area contributed by atoms with E-state index in [2.05, 4.69) is 12.1 Å². The van der Waals surface area contributed by atoms with E-state index in [1.807, 2.05) is 12.1 Å². The molecule has 2 aromatic carbocycles. The summed E-state index contributed by atoms with van der Waals surface area (Å²) in [4.78, 5) is 0. The zero-order valence-electron chi connectivity index (χ0n) is 13.5. The average Bonchev–Trinajstić information content (AvgIpc) is 3.50. The van der Waals surface area contributed by atoms with Crippen molar-refractivity contribution in [2.75, 3.05) is 13.2 Å². The predicted molar refractivity (Wildman–Crippen MR) is 88.3 cm³/mol. The molecule has 2 aliphatic rings. The molecule has 1 aliphatic carbocycles. The highest BCUT2D eigenvalue weighted by Gasteiger charge is 2.35. The van der Waals surface area contributed by atoms with Crippen LogP contribution in [0.25, 0.3) is 0 Å². The van der Waals surface area contributed by atoms with Crippen LogP contribution in [0.4, 0.5) is 4.39 Å². The Morgan fingerprint density at radius 2 is 1.75 bits per heavy atom. The molecule has 1 heterocycles. The number of benzene rings is 2. The summed E-state index contributed by atoms with van der Waals surface area (Å²) >= 11 is 0. The fourth-order valence-electron chi connectivity index (χ4n) is 2.78. The van der Waals surface area contributed by atoms with E-state index in [1.54, 1.807) is 12.1 Å². The standard InChI is InChI=1S/C20H21FO3/c21-17-7-1-14(2-8-17)11-22-18-9-5-16(6-10-18)20(15-3-4-15)24-13-19-12-23-19/h1-2,5-10,15,19-20H,3-4,11-13H2. The zero-order valence-corrected chi connectivity index (χ0v) is 13.5.